The second kappa shape index (κ2) is 5.76. The number of hydrogen-bond acceptors (Lipinski definition) is 2. The van der Waals surface area contributed by atoms with Gasteiger partial charge in [-0.1, -0.05) is 49.5 Å². The van der Waals surface area contributed by atoms with Crippen molar-refractivity contribution in [3.63, 3.8) is 0 Å². The van der Waals surface area contributed by atoms with E-state index in [0.717, 1.165) is 6.04 Å². The molecule has 2 aromatic rings. The average molecular weight is 325 g/mol. The summed E-state index contributed by atoms with van der Waals surface area (Å²) in [6.45, 7) is 13.2. The molecule has 0 atom stereocenters. The number of rotatable bonds is 3. The van der Waals surface area contributed by atoms with Crippen molar-refractivity contribution < 1.29 is 9.31 Å². The summed E-state index contributed by atoms with van der Waals surface area (Å²) in [5.41, 5.74) is 2.01. The molecule has 2 nitrogen and oxygen atoms in total. The molecule has 23 heavy (non-hydrogen) atoms. The highest BCUT2D eigenvalue weighted by molar-refractivity contribution is 6.64. The second-order valence-corrected chi connectivity index (χ2v) is 10.6. The molecule has 1 heterocycles. The lowest BCUT2D eigenvalue weighted by molar-refractivity contribution is 0.00578. The summed E-state index contributed by atoms with van der Waals surface area (Å²) in [4.78, 5) is 0. The molecule has 1 radical (unpaired) electrons. The minimum absolute atomic E-state index is 0.277. The molecule has 0 spiro atoms. The van der Waals surface area contributed by atoms with Gasteiger partial charge in [-0.15, -0.1) is 0 Å². The predicted molar refractivity (Wildman–Crippen MR) is 101 cm³/mol. The third kappa shape index (κ3) is 3.00. The van der Waals surface area contributed by atoms with E-state index in [4.69, 9.17) is 9.31 Å². The monoisotopic (exact) mass is 325 g/mol. The van der Waals surface area contributed by atoms with Crippen LogP contribution in [-0.4, -0.2) is 27.1 Å². The summed E-state index contributed by atoms with van der Waals surface area (Å²) >= 11 is 0. The summed E-state index contributed by atoms with van der Waals surface area (Å²) in [6, 6.07) is 14.2. The Bertz CT molecular complexity index is 708. The number of hydrogen-bond donors (Lipinski definition) is 0. The van der Waals surface area contributed by atoms with Gasteiger partial charge in [-0.3, -0.25) is 0 Å². The van der Waals surface area contributed by atoms with Gasteiger partial charge in [0, 0.05) is 8.80 Å². The van der Waals surface area contributed by atoms with Crippen LogP contribution in [0.1, 0.15) is 33.3 Å². The molecule has 1 fully saturated rings. The molecule has 0 unspecified atom stereocenters. The van der Waals surface area contributed by atoms with Crippen LogP contribution in [0.15, 0.2) is 36.4 Å². The average Bonchev–Trinajstić information content (AvgIpc) is 2.67. The maximum Gasteiger partial charge on any atom is 0.495 e. The van der Waals surface area contributed by atoms with Crippen LogP contribution in [0.4, 0.5) is 0 Å². The van der Waals surface area contributed by atoms with E-state index < -0.39 is 8.80 Å². The largest absolute Gasteiger partial charge is 0.495 e. The van der Waals surface area contributed by atoms with Crippen molar-refractivity contribution in [1.29, 1.82) is 0 Å². The summed E-state index contributed by atoms with van der Waals surface area (Å²) in [6.07, 6.45) is 0. The summed E-state index contributed by atoms with van der Waals surface area (Å²) < 4.78 is 12.6. The lowest BCUT2D eigenvalue weighted by Gasteiger charge is -2.32. The zero-order valence-corrected chi connectivity index (χ0v) is 16.1. The summed E-state index contributed by atoms with van der Waals surface area (Å²) in [5.74, 6) is 0. The fourth-order valence-electron chi connectivity index (χ4n) is 3.09. The first-order valence-electron chi connectivity index (χ1n) is 8.36. The van der Waals surface area contributed by atoms with E-state index in [-0.39, 0.29) is 18.3 Å². The van der Waals surface area contributed by atoms with Crippen molar-refractivity contribution in [3.05, 3.63) is 42.0 Å². The Morgan fingerprint density at radius 2 is 1.52 bits per heavy atom. The van der Waals surface area contributed by atoms with Gasteiger partial charge in [0.05, 0.1) is 11.2 Å². The van der Waals surface area contributed by atoms with Crippen LogP contribution in [0.3, 0.4) is 0 Å². The molecule has 1 aliphatic heterocycles. The van der Waals surface area contributed by atoms with Crippen LogP contribution >= 0.6 is 0 Å². The molecule has 1 aliphatic rings. The zero-order valence-electron chi connectivity index (χ0n) is 15.1. The van der Waals surface area contributed by atoms with Crippen molar-refractivity contribution in [2.24, 2.45) is 0 Å². The lowest BCUT2D eigenvalue weighted by atomic mass is 9.75. The highest BCUT2D eigenvalue weighted by Crippen LogP contribution is 2.37. The molecule has 0 N–H and O–H groups in total. The lowest BCUT2D eigenvalue weighted by Crippen LogP contribution is -2.41. The topological polar surface area (TPSA) is 18.5 Å². The van der Waals surface area contributed by atoms with E-state index in [1.165, 1.54) is 21.8 Å². The van der Waals surface area contributed by atoms with Gasteiger partial charge < -0.3 is 9.31 Å². The smallest absolute Gasteiger partial charge is 0.399 e. The van der Waals surface area contributed by atoms with E-state index in [1.54, 1.807) is 0 Å². The Kier molecular flexibility index (Phi) is 4.20. The molecule has 4 heteroatoms. The molecular weight excluding hydrogens is 299 g/mol. The molecule has 0 bridgehead atoms. The first kappa shape index (κ1) is 16.7. The quantitative estimate of drug-likeness (QED) is 0.795. The fourth-order valence-corrected chi connectivity index (χ4v) is 4.20. The van der Waals surface area contributed by atoms with Gasteiger partial charge in [-0.25, -0.2) is 0 Å². The van der Waals surface area contributed by atoms with Crippen LogP contribution in [0.5, 0.6) is 0 Å². The normalized spacial score (nSPS) is 19.7. The Balaban J connectivity index is 2.11. The predicted octanol–water partition coefficient (Wildman–Crippen LogP) is 3.98. The zero-order chi connectivity index (χ0) is 16.8. The van der Waals surface area contributed by atoms with Gasteiger partial charge in [-0.2, -0.15) is 0 Å². The minimum atomic E-state index is -0.396. The molecule has 0 saturated carbocycles. The van der Waals surface area contributed by atoms with Crippen LogP contribution in [0.2, 0.25) is 13.1 Å². The molecule has 0 aromatic heterocycles. The maximum atomic E-state index is 6.31. The van der Waals surface area contributed by atoms with Gasteiger partial charge >= 0.3 is 7.12 Å². The van der Waals surface area contributed by atoms with Gasteiger partial charge in [0.1, 0.15) is 0 Å². The SMILES string of the molecule is C[Si](C)Cc1c(B2OC(C)(C)C(C)(C)O2)ccc2ccccc12. The van der Waals surface area contributed by atoms with Crippen molar-refractivity contribution in [2.45, 2.75) is 58.0 Å². The number of fused-ring (bicyclic) bond motifs is 1. The van der Waals surface area contributed by atoms with Gasteiger partial charge in [-0.05, 0) is 55.5 Å². The van der Waals surface area contributed by atoms with Crippen molar-refractivity contribution in [2.75, 3.05) is 0 Å². The van der Waals surface area contributed by atoms with Crippen molar-refractivity contribution in [1.82, 2.24) is 0 Å². The molecule has 3 rings (SSSR count). The molecule has 2 aromatic carbocycles. The first-order valence-corrected chi connectivity index (χ1v) is 11.1. The van der Waals surface area contributed by atoms with Gasteiger partial charge in [0.15, 0.2) is 0 Å². The Morgan fingerprint density at radius 3 is 2.13 bits per heavy atom. The Labute approximate surface area is 141 Å². The van der Waals surface area contributed by atoms with E-state index in [1.807, 2.05) is 0 Å². The van der Waals surface area contributed by atoms with Crippen LogP contribution in [0, 0.1) is 0 Å². The Hall–Kier alpha value is -1.10. The first-order chi connectivity index (χ1) is 10.7. The standard InChI is InChI=1S/C19H26BO2Si/c1-18(2)19(3,4)22-20(21-18)17-12-11-14-9-7-8-10-15(14)16(17)13-23(5)6/h7-12H,13H2,1-6H3. The van der Waals surface area contributed by atoms with E-state index in [0.29, 0.717) is 0 Å². The van der Waals surface area contributed by atoms with Crippen molar-refractivity contribution >= 4 is 32.2 Å². The van der Waals surface area contributed by atoms with Crippen LogP contribution < -0.4 is 5.46 Å². The van der Waals surface area contributed by atoms with E-state index >= 15 is 0 Å². The number of benzene rings is 2. The fraction of sp³-hybridized carbons (Fsp3) is 0.474. The van der Waals surface area contributed by atoms with Crippen molar-refractivity contribution in [3.8, 4) is 0 Å². The van der Waals surface area contributed by atoms with E-state index in [9.17, 15) is 0 Å². The van der Waals surface area contributed by atoms with Gasteiger partial charge in [0.25, 0.3) is 0 Å². The summed E-state index contributed by atoms with van der Waals surface area (Å²) in [5, 5.41) is 2.64. The molecule has 1 saturated heterocycles. The highest BCUT2D eigenvalue weighted by atomic mass is 28.3. The second-order valence-electron chi connectivity index (χ2n) is 7.83. The highest BCUT2D eigenvalue weighted by Gasteiger charge is 2.52. The van der Waals surface area contributed by atoms with Crippen LogP contribution in [0.25, 0.3) is 10.8 Å². The maximum absolute atomic E-state index is 6.31. The van der Waals surface area contributed by atoms with Crippen LogP contribution in [-0.2, 0) is 15.4 Å². The van der Waals surface area contributed by atoms with Gasteiger partial charge in [0.2, 0.25) is 0 Å². The third-order valence-corrected chi connectivity index (χ3v) is 6.17. The third-order valence-electron chi connectivity index (χ3n) is 5.11. The van der Waals surface area contributed by atoms with E-state index in [2.05, 4.69) is 77.2 Å². The molecule has 121 valence electrons. The summed E-state index contributed by atoms with van der Waals surface area (Å²) in [7, 11) is -0.673. The molecule has 0 aliphatic carbocycles. The Morgan fingerprint density at radius 1 is 0.913 bits per heavy atom. The minimum Gasteiger partial charge on any atom is -0.399 e. The molecular formula is C19H26BO2Si. The molecule has 0 amide bonds.